The Bertz CT molecular complexity index is 715. The van der Waals surface area contributed by atoms with Crippen LogP contribution in [0.15, 0.2) is 53.0 Å². The lowest BCUT2D eigenvalue weighted by Crippen LogP contribution is -2.30. The monoisotopic (exact) mass is 391 g/mol. The summed E-state index contributed by atoms with van der Waals surface area (Å²) in [5, 5.41) is 11.9. The maximum Gasteiger partial charge on any atom is 0.305 e. The van der Waals surface area contributed by atoms with Gasteiger partial charge >= 0.3 is 5.97 Å². The Morgan fingerprint density at radius 2 is 1.92 bits per heavy atom. The summed E-state index contributed by atoms with van der Waals surface area (Å²) in [7, 11) is 0. The maximum absolute atomic E-state index is 12.4. The summed E-state index contributed by atoms with van der Waals surface area (Å²) in [6.07, 6.45) is -0.201. The minimum atomic E-state index is -0.983. The van der Waals surface area contributed by atoms with Gasteiger partial charge in [0.25, 0.3) is 5.91 Å². The molecule has 0 unspecified atom stereocenters. The Morgan fingerprint density at radius 3 is 2.50 bits per heavy atom. The van der Waals surface area contributed by atoms with Gasteiger partial charge in [-0.3, -0.25) is 9.59 Å². The lowest BCUT2D eigenvalue weighted by molar-refractivity contribution is -0.137. The van der Waals surface area contributed by atoms with Crippen molar-refractivity contribution in [3.8, 4) is 5.75 Å². The molecule has 2 aromatic rings. The highest BCUT2D eigenvalue weighted by Crippen LogP contribution is 2.21. The van der Waals surface area contributed by atoms with Crippen molar-refractivity contribution in [1.82, 2.24) is 5.32 Å². The van der Waals surface area contributed by atoms with E-state index >= 15 is 0 Å². The van der Waals surface area contributed by atoms with Gasteiger partial charge in [0.15, 0.2) is 0 Å². The van der Waals surface area contributed by atoms with Gasteiger partial charge in [0, 0.05) is 10.0 Å². The van der Waals surface area contributed by atoms with Crippen LogP contribution in [0.4, 0.5) is 0 Å². The van der Waals surface area contributed by atoms with E-state index < -0.39 is 12.0 Å². The Morgan fingerprint density at radius 1 is 1.21 bits per heavy atom. The number of halogens is 1. The molecule has 0 saturated heterocycles. The number of carboxylic acids is 1. The fourth-order valence-electron chi connectivity index (χ4n) is 2.26. The average molecular weight is 392 g/mol. The molecule has 0 heterocycles. The molecule has 0 aliphatic carbocycles. The molecule has 24 heavy (non-hydrogen) atoms. The van der Waals surface area contributed by atoms with Crippen molar-refractivity contribution in [3.05, 3.63) is 64.1 Å². The van der Waals surface area contributed by atoms with E-state index in [9.17, 15) is 9.59 Å². The minimum Gasteiger partial charge on any atom is -0.494 e. The molecule has 2 aromatic carbocycles. The number of carbonyl (C=O) groups is 2. The number of benzene rings is 2. The van der Waals surface area contributed by atoms with Gasteiger partial charge in [0.05, 0.1) is 19.1 Å². The highest BCUT2D eigenvalue weighted by atomic mass is 79.9. The van der Waals surface area contributed by atoms with Crippen LogP contribution in [-0.4, -0.2) is 23.6 Å². The highest BCUT2D eigenvalue weighted by Gasteiger charge is 2.19. The fraction of sp³-hybridized carbons (Fsp3) is 0.222. The molecule has 0 saturated carbocycles. The van der Waals surface area contributed by atoms with Crippen molar-refractivity contribution in [3.63, 3.8) is 0 Å². The lowest BCUT2D eigenvalue weighted by atomic mass is 10.0. The van der Waals surface area contributed by atoms with E-state index in [4.69, 9.17) is 9.84 Å². The van der Waals surface area contributed by atoms with E-state index in [-0.39, 0.29) is 12.3 Å². The predicted octanol–water partition coefficient (Wildman–Crippen LogP) is 3.79. The first-order chi connectivity index (χ1) is 11.5. The molecule has 1 amide bonds. The van der Waals surface area contributed by atoms with E-state index in [1.807, 2.05) is 13.0 Å². The molecule has 0 bridgehead atoms. The van der Waals surface area contributed by atoms with Crippen molar-refractivity contribution in [2.45, 2.75) is 19.4 Å². The molecule has 2 N–H and O–H groups in total. The van der Waals surface area contributed by atoms with Crippen LogP contribution in [0.3, 0.4) is 0 Å². The van der Waals surface area contributed by atoms with E-state index in [1.54, 1.807) is 42.5 Å². The van der Waals surface area contributed by atoms with E-state index in [2.05, 4.69) is 21.2 Å². The number of rotatable bonds is 7. The number of nitrogens with one attached hydrogen (secondary N) is 1. The van der Waals surface area contributed by atoms with Gasteiger partial charge in [-0.15, -0.1) is 0 Å². The molecule has 2 rings (SSSR count). The molecular formula is C18H18BrNO4. The van der Waals surface area contributed by atoms with Crippen molar-refractivity contribution in [2.24, 2.45) is 0 Å². The van der Waals surface area contributed by atoms with Crippen LogP contribution in [-0.2, 0) is 4.79 Å². The molecule has 6 heteroatoms. The van der Waals surface area contributed by atoms with Crippen LogP contribution in [0.1, 0.15) is 35.3 Å². The van der Waals surface area contributed by atoms with Gasteiger partial charge in [-0.05, 0) is 42.8 Å². The number of hydrogen-bond donors (Lipinski definition) is 2. The Kier molecular flexibility index (Phi) is 6.37. The number of ether oxygens (including phenoxy) is 1. The van der Waals surface area contributed by atoms with E-state index in [1.165, 1.54) is 0 Å². The van der Waals surface area contributed by atoms with E-state index in [0.717, 1.165) is 4.47 Å². The third-order valence-corrected chi connectivity index (χ3v) is 3.86. The zero-order valence-electron chi connectivity index (χ0n) is 13.2. The van der Waals surface area contributed by atoms with Crippen molar-refractivity contribution in [2.75, 3.05) is 6.61 Å². The molecule has 0 aromatic heterocycles. The van der Waals surface area contributed by atoms with Crippen LogP contribution < -0.4 is 10.1 Å². The third-order valence-electron chi connectivity index (χ3n) is 3.36. The van der Waals surface area contributed by atoms with Gasteiger partial charge < -0.3 is 15.2 Å². The predicted molar refractivity (Wildman–Crippen MR) is 94.2 cm³/mol. The normalized spacial score (nSPS) is 11.6. The summed E-state index contributed by atoms with van der Waals surface area (Å²) in [5.41, 5.74) is 1.18. The molecule has 5 nitrogen and oxygen atoms in total. The SMILES string of the molecule is CCOc1ccc([C@H](CC(=O)O)NC(=O)c2cccc(Br)c2)cc1. The first-order valence-electron chi connectivity index (χ1n) is 7.50. The zero-order chi connectivity index (χ0) is 17.5. The fourth-order valence-corrected chi connectivity index (χ4v) is 2.66. The summed E-state index contributed by atoms with van der Waals surface area (Å²) in [6, 6.07) is 13.4. The lowest BCUT2D eigenvalue weighted by Gasteiger charge is -2.18. The van der Waals surface area contributed by atoms with Gasteiger partial charge in [0.2, 0.25) is 0 Å². The molecule has 1 atom stereocenters. The maximum atomic E-state index is 12.4. The van der Waals surface area contributed by atoms with Crippen molar-refractivity contribution >= 4 is 27.8 Å². The Balaban J connectivity index is 2.18. The van der Waals surface area contributed by atoms with Crippen LogP contribution >= 0.6 is 15.9 Å². The largest absolute Gasteiger partial charge is 0.494 e. The molecule has 0 aliphatic heterocycles. The topological polar surface area (TPSA) is 75.6 Å². The highest BCUT2D eigenvalue weighted by molar-refractivity contribution is 9.10. The first kappa shape index (κ1) is 18.0. The smallest absolute Gasteiger partial charge is 0.305 e. The number of carbonyl (C=O) groups excluding carboxylic acids is 1. The van der Waals surface area contributed by atoms with E-state index in [0.29, 0.717) is 23.5 Å². The second-order valence-electron chi connectivity index (χ2n) is 5.14. The van der Waals surface area contributed by atoms with Crippen LogP contribution in [0.25, 0.3) is 0 Å². The zero-order valence-corrected chi connectivity index (χ0v) is 14.7. The molecule has 0 fully saturated rings. The number of aliphatic carboxylic acids is 1. The second-order valence-corrected chi connectivity index (χ2v) is 6.05. The number of amides is 1. The van der Waals surface area contributed by atoms with Crippen LogP contribution in [0, 0.1) is 0 Å². The van der Waals surface area contributed by atoms with Crippen molar-refractivity contribution in [1.29, 1.82) is 0 Å². The summed E-state index contributed by atoms with van der Waals surface area (Å²) >= 11 is 3.32. The van der Waals surface area contributed by atoms with Crippen LogP contribution in [0.5, 0.6) is 5.75 Å². The minimum absolute atomic E-state index is 0.201. The quantitative estimate of drug-likeness (QED) is 0.752. The molecule has 0 aliphatic rings. The molecule has 0 spiro atoms. The molecule has 126 valence electrons. The molecule has 0 radical (unpaired) electrons. The summed E-state index contributed by atoms with van der Waals surface area (Å²) in [5.74, 6) is -0.603. The number of carboxylic acid groups (broad SMARTS) is 1. The van der Waals surface area contributed by atoms with Gasteiger partial charge in [0.1, 0.15) is 5.75 Å². The van der Waals surface area contributed by atoms with Gasteiger partial charge in [-0.2, -0.15) is 0 Å². The van der Waals surface area contributed by atoms with Gasteiger partial charge in [-0.25, -0.2) is 0 Å². The standard InChI is InChI=1S/C18H18BrNO4/c1-2-24-15-8-6-12(7-9-15)16(11-17(21)22)20-18(23)13-4-3-5-14(19)10-13/h3-10,16H,2,11H2,1H3,(H,20,23)(H,21,22)/t16-/m0/s1. The molecular weight excluding hydrogens is 374 g/mol. The summed E-state index contributed by atoms with van der Waals surface area (Å²) < 4.78 is 6.16. The van der Waals surface area contributed by atoms with Gasteiger partial charge in [-0.1, -0.05) is 34.1 Å². The van der Waals surface area contributed by atoms with Crippen LogP contribution in [0.2, 0.25) is 0 Å². The Labute approximate surface area is 148 Å². The summed E-state index contributed by atoms with van der Waals surface area (Å²) in [6.45, 7) is 2.44. The van der Waals surface area contributed by atoms with Crippen molar-refractivity contribution < 1.29 is 19.4 Å². The average Bonchev–Trinajstić information content (AvgIpc) is 2.55. The third kappa shape index (κ3) is 5.09. The first-order valence-corrected chi connectivity index (χ1v) is 8.30. The summed E-state index contributed by atoms with van der Waals surface area (Å²) in [4.78, 5) is 23.5. The second kappa shape index (κ2) is 8.49. The Hall–Kier alpha value is -2.34. The number of hydrogen-bond acceptors (Lipinski definition) is 3.